The number of imidazole rings is 1. The SMILES string of the molecule is O=C(O)c1coc(N2CCC(c3ncc[nH]3)CC2)n1. The van der Waals surface area contributed by atoms with Crippen LogP contribution in [0.2, 0.25) is 0 Å². The van der Waals surface area contributed by atoms with Crippen LogP contribution < -0.4 is 4.90 Å². The van der Waals surface area contributed by atoms with E-state index < -0.39 is 5.97 Å². The zero-order chi connectivity index (χ0) is 13.2. The minimum Gasteiger partial charge on any atom is -0.476 e. The number of anilines is 1. The second-order valence-corrected chi connectivity index (χ2v) is 4.56. The summed E-state index contributed by atoms with van der Waals surface area (Å²) >= 11 is 0. The van der Waals surface area contributed by atoms with Crippen LogP contribution in [0.25, 0.3) is 0 Å². The van der Waals surface area contributed by atoms with Crippen LogP contribution in [-0.2, 0) is 0 Å². The molecule has 0 atom stereocenters. The summed E-state index contributed by atoms with van der Waals surface area (Å²) in [7, 11) is 0. The molecule has 0 bridgehead atoms. The van der Waals surface area contributed by atoms with Gasteiger partial charge in [0.05, 0.1) is 0 Å². The van der Waals surface area contributed by atoms with E-state index in [2.05, 4.69) is 15.0 Å². The van der Waals surface area contributed by atoms with Crippen molar-refractivity contribution in [2.75, 3.05) is 18.0 Å². The third kappa shape index (κ3) is 2.31. The molecular weight excluding hydrogens is 248 g/mol. The van der Waals surface area contributed by atoms with Crippen LogP contribution in [0.15, 0.2) is 23.1 Å². The minimum absolute atomic E-state index is 0.0526. The highest BCUT2D eigenvalue weighted by Crippen LogP contribution is 2.28. The maximum atomic E-state index is 10.8. The number of carbonyl (C=O) groups is 1. The predicted molar refractivity (Wildman–Crippen MR) is 66.2 cm³/mol. The number of hydrogen-bond acceptors (Lipinski definition) is 5. The van der Waals surface area contributed by atoms with Crippen molar-refractivity contribution < 1.29 is 14.3 Å². The first-order valence-electron chi connectivity index (χ1n) is 6.17. The first-order chi connectivity index (χ1) is 9.24. The Balaban J connectivity index is 1.64. The van der Waals surface area contributed by atoms with Crippen molar-refractivity contribution in [3.63, 3.8) is 0 Å². The van der Waals surface area contributed by atoms with Gasteiger partial charge in [-0.25, -0.2) is 9.78 Å². The van der Waals surface area contributed by atoms with Gasteiger partial charge in [0, 0.05) is 31.4 Å². The van der Waals surface area contributed by atoms with Crippen molar-refractivity contribution in [3.8, 4) is 0 Å². The first-order valence-corrected chi connectivity index (χ1v) is 6.17. The zero-order valence-corrected chi connectivity index (χ0v) is 10.2. The lowest BCUT2D eigenvalue weighted by molar-refractivity contribution is 0.0690. The van der Waals surface area contributed by atoms with E-state index >= 15 is 0 Å². The van der Waals surface area contributed by atoms with Gasteiger partial charge in [-0.2, -0.15) is 4.98 Å². The molecule has 19 heavy (non-hydrogen) atoms. The average Bonchev–Trinajstić information content (AvgIpc) is 3.11. The van der Waals surface area contributed by atoms with Crippen LogP contribution in [0.1, 0.15) is 35.1 Å². The maximum Gasteiger partial charge on any atom is 0.357 e. The van der Waals surface area contributed by atoms with Crippen LogP contribution >= 0.6 is 0 Å². The van der Waals surface area contributed by atoms with Crippen molar-refractivity contribution in [1.29, 1.82) is 0 Å². The number of nitrogens with zero attached hydrogens (tertiary/aromatic N) is 3. The van der Waals surface area contributed by atoms with Crippen molar-refractivity contribution in [2.24, 2.45) is 0 Å². The van der Waals surface area contributed by atoms with Gasteiger partial charge in [0.1, 0.15) is 12.1 Å². The number of H-pyrrole nitrogens is 1. The molecule has 0 radical (unpaired) electrons. The van der Waals surface area contributed by atoms with Crippen LogP contribution in [0.3, 0.4) is 0 Å². The number of nitrogens with one attached hydrogen (secondary N) is 1. The number of piperidine rings is 1. The van der Waals surface area contributed by atoms with Gasteiger partial charge in [0.25, 0.3) is 6.01 Å². The Labute approximate surface area is 109 Å². The Kier molecular flexibility index (Phi) is 2.94. The van der Waals surface area contributed by atoms with E-state index in [1.165, 1.54) is 6.26 Å². The van der Waals surface area contributed by atoms with E-state index in [0.717, 1.165) is 31.8 Å². The second-order valence-electron chi connectivity index (χ2n) is 4.56. The summed E-state index contributed by atoms with van der Waals surface area (Å²) in [6, 6.07) is 0.385. The number of aromatic nitrogens is 3. The number of rotatable bonds is 3. The molecule has 0 amide bonds. The number of aromatic carboxylic acids is 1. The van der Waals surface area contributed by atoms with Crippen LogP contribution in [0, 0.1) is 0 Å². The van der Waals surface area contributed by atoms with Gasteiger partial charge in [-0.05, 0) is 12.8 Å². The summed E-state index contributed by atoms with van der Waals surface area (Å²) in [5.74, 6) is 0.360. The molecule has 0 aromatic carbocycles. The fraction of sp³-hybridized carbons (Fsp3) is 0.417. The minimum atomic E-state index is -1.07. The molecule has 3 heterocycles. The molecule has 1 aliphatic heterocycles. The zero-order valence-electron chi connectivity index (χ0n) is 10.2. The molecule has 2 aromatic rings. The second kappa shape index (κ2) is 4.75. The highest BCUT2D eigenvalue weighted by atomic mass is 16.4. The lowest BCUT2D eigenvalue weighted by Gasteiger charge is -2.29. The van der Waals surface area contributed by atoms with E-state index in [1.807, 2.05) is 11.1 Å². The molecule has 1 saturated heterocycles. The third-order valence-electron chi connectivity index (χ3n) is 3.38. The van der Waals surface area contributed by atoms with Gasteiger partial charge in [-0.15, -0.1) is 0 Å². The van der Waals surface area contributed by atoms with Crippen LogP contribution in [-0.4, -0.2) is 39.1 Å². The fourth-order valence-electron chi connectivity index (χ4n) is 2.35. The lowest BCUT2D eigenvalue weighted by atomic mass is 9.96. The van der Waals surface area contributed by atoms with Crippen LogP contribution in [0.4, 0.5) is 6.01 Å². The van der Waals surface area contributed by atoms with E-state index in [1.54, 1.807) is 6.20 Å². The Morgan fingerprint density at radius 3 is 2.84 bits per heavy atom. The molecule has 0 saturated carbocycles. The Hall–Kier alpha value is -2.31. The molecule has 1 aliphatic rings. The van der Waals surface area contributed by atoms with Gasteiger partial charge < -0.3 is 19.4 Å². The van der Waals surface area contributed by atoms with E-state index in [-0.39, 0.29) is 5.69 Å². The normalized spacial score (nSPS) is 16.7. The quantitative estimate of drug-likeness (QED) is 0.869. The first kappa shape index (κ1) is 11.8. The standard InChI is InChI=1S/C12H14N4O3/c17-11(18)9-7-19-12(15-9)16-5-1-8(2-6-16)10-13-3-4-14-10/h3-4,7-8H,1-2,5-6H2,(H,13,14)(H,17,18). The van der Waals surface area contributed by atoms with E-state index in [9.17, 15) is 4.79 Å². The number of aromatic amines is 1. The van der Waals surface area contributed by atoms with Crippen molar-refractivity contribution >= 4 is 12.0 Å². The molecule has 7 heteroatoms. The van der Waals surface area contributed by atoms with E-state index in [0.29, 0.717) is 11.9 Å². The fourth-order valence-corrected chi connectivity index (χ4v) is 2.35. The molecule has 100 valence electrons. The van der Waals surface area contributed by atoms with Gasteiger partial charge in [-0.3, -0.25) is 0 Å². The highest BCUT2D eigenvalue weighted by molar-refractivity contribution is 5.85. The monoisotopic (exact) mass is 262 g/mol. The largest absolute Gasteiger partial charge is 0.476 e. The van der Waals surface area contributed by atoms with E-state index in [4.69, 9.17) is 9.52 Å². The molecule has 3 rings (SSSR count). The van der Waals surface area contributed by atoms with Gasteiger partial charge in [0.15, 0.2) is 5.69 Å². The number of carboxylic acid groups (broad SMARTS) is 1. The average molecular weight is 262 g/mol. The van der Waals surface area contributed by atoms with Crippen molar-refractivity contribution in [1.82, 2.24) is 15.0 Å². The summed E-state index contributed by atoms with van der Waals surface area (Å²) in [6.45, 7) is 1.57. The van der Waals surface area contributed by atoms with Gasteiger partial charge in [-0.1, -0.05) is 0 Å². The summed E-state index contributed by atoms with van der Waals surface area (Å²) < 4.78 is 5.20. The van der Waals surface area contributed by atoms with Gasteiger partial charge >= 0.3 is 5.97 Å². The molecule has 0 aliphatic carbocycles. The number of carboxylic acids is 1. The topological polar surface area (TPSA) is 95.2 Å². The summed E-state index contributed by atoms with van der Waals surface area (Å²) in [4.78, 5) is 24.1. The highest BCUT2D eigenvalue weighted by Gasteiger charge is 2.25. The van der Waals surface area contributed by atoms with Crippen LogP contribution in [0.5, 0.6) is 0 Å². The Morgan fingerprint density at radius 1 is 1.47 bits per heavy atom. The predicted octanol–water partition coefficient (Wildman–Crippen LogP) is 1.48. The molecule has 2 N–H and O–H groups in total. The Bertz CT molecular complexity index is 555. The molecule has 1 fully saturated rings. The molecule has 2 aromatic heterocycles. The number of oxazole rings is 1. The van der Waals surface area contributed by atoms with Crippen molar-refractivity contribution in [3.05, 3.63) is 30.2 Å². The van der Waals surface area contributed by atoms with Gasteiger partial charge in [0.2, 0.25) is 0 Å². The summed E-state index contributed by atoms with van der Waals surface area (Å²) in [5.41, 5.74) is -0.0526. The third-order valence-corrected chi connectivity index (χ3v) is 3.38. The molecule has 0 unspecified atom stereocenters. The lowest BCUT2D eigenvalue weighted by Crippen LogP contribution is -2.33. The molecule has 7 nitrogen and oxygen atoms in total. The Morgan fingerprint density at radius 2 is 2.26 bits per heavy atom. The molecule has 0 spiro atoms. The maximum absolute atomic E-state index is 10.8. The summed E-state index contributed by atoms with van der Waals surface area (Å²) in [6.07, 6.45) is 6.65. The number of hydrogen-bond donors (Lipinski definition) is 2. The summed E-state index contributed by atoms with van der Waals surface area (Å²) in [5, 5.41) is 8.81. The molecular formula is C12H14N4O3. The van der Waals surface area contributed by atoms with Crippen molar-refractivity contribution in [2.45, 2.75) is 18.8 Å². The smallest absolute Gasteiger partial charge is 0.357 e.